The molecule has 1 N–H and O–H groups in total. The first-order chi connectivity index (χ1) is 8.20. The van der Waals surface area contributed by atoms with E-state index in [9.17, 15) is 4.79 Å². The highest BCUT2D eigenvalue weighted by Gasteiger charge is 2.08. The van der Waals surface area contributed by atoms with Crippen molar-refractivity contribution in [2.45, 2.75) is 26.3 Å². The van der Waals surface area contributed by atoms with Gasteiger partial charge in [0.25, 0.3) is 5.56 Å². The SMILES string of the molecule is CCCCn1ncc(NCCSC)c(Cl)c1=O. The third kappa shape index (κ3) is 4.24. The van der Waals surface area contributed by atoms with Crippen molar-refractivity contribution in [3.8, 4) is 0 Å². The zero-order valence-electron chi connectivity index (χ0n) is 10.2. The minimum Gasteiger partial charge on any atom is -0.382 e. The monoisotopic (exact) mass is 275 g/mol. The molecule has 0 atom stereocenters. The fraction of sp³-hybridized carbons (Fsp3) is 0.636. The Kier molecular flexibility index (Phi) is 6.44. The predicted molar refractivity (Wildman–Crippen MR) is 75.3 cm³/mol. The summed E-state index contributed by atoms with van der Waals surface area (Å²) in [5.74, 6) is 0.968. The standard InChI is InChI=1S/C11H18ClN3OS/c1-3-4-6-15-11(16)10(12)9(8-14-15)13-5-7-17-2/h8,13H,3-7H2,1-2H3. The van der Waals surface area contributed by atoms with Crippen molar-refractivity contribution in [1.29, 1.82) is 0 Å². The van der Waals surface area contributed by atoms with Crippen LogP contribution in [0.4, 0.5) is 5.69 Å². The molecule has 0 radical (unpaired) electrons. The maximum absolute atomic E-state index is 11.9. The molecule has 0 aliphatic carbocycles. The smallest absolute Gasteiger partial charge is 0.287 e. The summed E-state index contributed by atoms with van der Waals surface area (Å²) in [6.07, 6.45) is 5.62. The summed E-state index contributed by atoms with van der Waals surface area (Å²) < 4.78 is 1.42. The van der Waals surface area contributed by atoms with E-state index in [1.807, 2.05) is 6.26 Å². The number of nitrogens with zero attached hydrogens (tertiary/aromatic N) is 2. The van der Waals surface area contributed by atoms with Gasteiger partial charge >= 0.3 is 0 Å². The third-order valence-electron chi connectivity index (χ3n) is 2.33. The van der Waals surface area contributed by atoms with E-state index in [1.165, 1.54) is 4.68 Å². The Bertz CT molecular complexity index is 408. The number of rotatable bonds is 7. The molecule has 6 heteroatoms. The van der Waals surface area contributed by atoms with Crippen molar-refractivity contribution < 1.29 is 0 Å². The lowest BCUT2D eigenvalue weighted by Gasteiger charge is -2.09. The van der Waals surface area contributed by atoms with E-state index in [0.717, 1.165) is 25.1 Å². The van der Waals surface area contributed by atoms with Gasteiger partial charge in [-0.1, -0.05) is 24.9 Å². The molecule has 4 nitrogen and oxygen atoms in total. The Morgan fingerprint density at radius 1 is 1.59 bits per heavy atom. The van der Waals surface area contributed by atoms with Crippen LogP contribution < -0.4 is 10.9 Å². The van der Waals surface area contributed by atoms with Crippen molar-refractivity contribution >= 4 is 29.1 Å². The van der Waals surface area contributed by atoms with Crippen molar-refractivity contribution in [2.24, 2.45) is 0 Å². The molecule has 96 valence electrons. The van der Waals surface area contributed by atoms with Crippen molar-refractivity contribution in [2.75, 3.05) is 23.9 Å². The first kappa shape index (κ1) is 14.4. The molecule has 0 bridgehead atoms. The van der Waals surface area contributed by atoms with E-state index in [4.69, 9.17) is 11.6 Å². The highest BCUT2D eigenvalue weighted by molar-refractivity contribution is 7.98. The number of aryl methyl sites for hydroxylation is 1. The molecule has 0 fully saturated rings. The maximum Gasteiger partial charge on any atom is 0.287 e. The summed E-state index contributed by atoms with van der Waals surface area (Å²) >= 11 is 7.75. The van der Waals surface area contributed by atoms with Crippen molar-refractivity contribution in [3.63, 3.8) is 0 Å². The van der Waals surface area contributed by atoms with Crippen LogP contribution in [0.2, 0.25) is 5.02 Å². The second kappa shape index (κ2) is 7.61. The molecule has 1 rings (SSSR count). The summed E-state index contributed by atoms with van der Waals surface area (Å²) in [5.41, 5.74) is 0.410. The summed E-state index contributed by atoms with van der Waals surface area (Å²) in [6.45, 7) is 3.48. The largest absolute Gasteiger partial charge is 0.382 e. The van der Waals surface area contributed by atoms with Crippen LogP contribution in [-0.4, -0.2) is 28.3 Å². The maximum atomic E-state index is 11.9. The minimum absolute atomic E-state index is 0.214. The average Bonchev–Trinajstić information content (AvgIpc) is 2.34. The number of hydrogen-bond acceptors (Lipinski definition) is 4. The lowest BCUT2D eigenvalue weighted by molar-refractivity contribution is 0.543. The fourth-order valence-corrected chi connectivity index (χ4v) is 1.86. The number of thioether (sulfide) groups is 1. The average molecular weight is 276 g/mol. The molecular formula is C11H18ClN3OS. The van der Waals surface area contributed by atoms with Gasteiger partial charge in [-0.3, -0.25) is 4.79 Å². The molecule has 0 aliphatic rings. The second-order valence-corrected chi connectivity index (χ2v) is 5.04. The first-order valence-electron chi connectivity index (χ1n) is 5.69. The number of anilines is 1. The van der Waals surface area contributed by atoms with Crippen LogP contribution in [0.3, 0.4) is 0 Å². The third-order valence-corrected chi connectivity index (χ3v) is 3.31. The Balaban J connectivity index is 2.76. The number of nitrogens with one attached hydrogen (secondary N) is 1. The highest BCUT2D eigenvalue weighted by Crippen LogP contribution is 2.15. The summed E-state index contributed by atoms with van der Waals surface area (Å²) in [7, 11) is 0. The van der Waals surface area contributed by atoms with E-state index in [0.29, 0.717) is 12.2 Å². The predicted octanol–water partition coefficient (Wildman–Crippen LogP) is 2.47. The molecule has 1 aromatic heterocycles. The highest BCUT2D eigenvalue weighted by atomic mass is 35.5. The lowest BCUT2D eigenvalue weighted by atomic mass is 10.3. The fourth-order valence-electron chi connectivity index (χ4n) is 1.34. The Hall–Kier alpha value is -0.680. The topological polar surface area (TPSA) is 46.9 Å². The van der Waals surface area contributed by atoms with Crippen LogP contribution in [0, 0.1) is 0 Å². The molecule has 1 heterocycles. The van der Waals surface area contributed by atoms with Gasteiger partial charge in [0.2, 0.25) is 0 Å². The molecule has 0 aromatic carbocycles. The van der Waals surface area contributed by atoms with Crippen molar-refractivity contribution in [3.05, 3.63) is 21.6 Å². The summed E-state index contributed by atoms with van der Waals surface area (Å²) in [4.78, 5) is 11.9. The van der Waals surface area contributed by atoms with Gasteiger partial charge in [0, 0.05) is 18.8 Å². The molecule has 0 spiro atoms. The van der Waals surface area contributed by atoms with Crippen LogP contribution in [0.25, 0.3) is 0 Å². The number of aromatic nitrogens is 2. The molecule has 0 saturated carbocycles. The number of halogens is 1. The van der Waals surface area contributed by atoms with Gasteiger partial charge in [-0.2, -0.15) is 16.9 Å². The second-order valence-electron chi connectivity index (χ2n) is 3.67. The van der Waals surface area contributed by atoms with Gasteiger partial charge in [0.05, 0.1) is 11.9 Å². The Morgan fingerprint density at radius 2 is 2.35 bits per heavy atom. The molecule has 0 amide bonds. The lowest BCUT2D eigenvalue weighted by Crippen LogP contribution is -2.24. The zero-order valence-corrected chi connectivity index (χ0v) is 11.8. The molecule has 0 unspecified atom stereocenters. The summed E-state index contributed by atoms with van der Waals surface area (Å²) in [5, 5.41) is 7.45. The van der Waals surface area contributed by atoms with E-state index in [-0.39, 0.29) is 10.6 Å². The van der Waals surface area contributed by atoms with Gasteiger partial charge < -0.3 is 5.32 Å². The minimum atomic E-state index is -0.214. The van der Waals surface area contributed by atoms with Gasteiger partial charge in [0.15, 0.2) is 0 Å². The quantitative estimate of drug-likeness (QED) is 0.777. The number of unbranched alkanes of at least 4 members (excludes halogenated alkanes) is 1. The van der Waals surface area contributed by atoms with E-state index < -0.39 is 0 Å². The molecular weight excluding hydrogens is 258 g/mol. The first-order valence-corrected chi connectivity index (χ1v) is 7.46. The molecule has 1 aromatic rings. The van der Waals surface area contributed by atoms with Gasteiger partial charge in [-0.15, -0.1) is 0 Å². The van der Waals surface area contributed by atoms with Gasteiger partial charge in [0.1, 0.15) is 5.02 Å². The molecule has 17 heavy (non-hydrogen) atoms. The van der Waals surface area contributed by atoms with Crippen molar-refractivity contribution in [1.82, 2.24) is 9.78 Å². The van der Waals surface area contributed by atoms with Gasteiger partial charge in [-0.05, 0) is 12.7 Å². The zero-order chi connectivity index (χ0) is 12.7. The number of hydrogen-bond donors (Lipinski definition) is 1. The summed E-state index contributed by atoms with van der Waals surface area (Å²) in [6, 6.07) is 0. The Labute approximate surface area is 111 Å². The van der Waals surface area contributed by atoms with Crippen LogP contribution in [0.5, 0.6) is 0 Å². The van der Waals surface area contributed by atoms with Crippen LogP contribution in [0.15, 0.2) is 11.0 Å². The van der Waals surface area contributed by atoms with Crippen LogP contribution in [0.1, 0.15) is 19.8 Å². The Morgan fingerprint density at radius 3 is 3.00 bits per heavy atom. The van der Waals surface area contributed by atoms with E-state index >= 15 is 0 Å². The van der Waals surface area contributed by atoms with E-state index in [1.54, 1.807) is 18.0 Å². The molecule has 0 saturated heterocycles. The van der Waals surface area contributed by atoms with Crippen LogP contribution in [-0.2, 0) is 6.54 Å². The normalized spacial score (nSPS) is 10.5. The van der Waals surface area contributed by atoms with E-state index in [2.05, 4.69) is 17.3 Å². The molecule has 0 aliphatic heterocycles. The van der Waals surface area contributed by atoms with Crippen LogP contribution >= 0.6 is 23.4 Å². The van der Waals surface area contributed by atoms with Gasteiger partial charge in [-0.25, -0.2) is 4.68 Å².